The minimum Gasteiger partial charge on any atom is -0.468 e. The molecule has 1 aliphatic heterocycles. The second kappa shape index (κ2) is 8.22. The number of rotatable bonds is 6. The number of nitrogens with one attached hydrogen (secondary N) is 2. The highest BCUT2D eigenvalue weighted by molar-refractivity contribution is 6.30. The molecule has 1 atom stereocenters. The Morgan fingerprint density at radius 3 is 2.58 bits per heavy atom. The van der Waals surface area contributed by atoms with Crippen LogP contribution in [-0.4, -0.2) is 30.6 Å². The van der Waals surface area contributed by atoms with Crippen molar-refractivity contribution in [2.45, 2.75) is 25.4 Å². The van der Waals surface area contributed by atoms with Crippen molar-refractivity contribution in [2.24, 2.45) is 0 Å². The molecule has 0 spiro atoms. The van der Waals surface area contributed by atoms with E-state index < -0.39 is 0 Å². The molecule has 0 bridgehead atoms. The number of carbonyl (C=O) groups is 1. The molecule has 0 saturated carbocycles. The third kappa shape index (κ3) is 4.52. The minimum absolute atomic E-state index is 0.0868. The molecule has 2 N–H and O–H groups in total. The number of amides is 2. The Bertz CT molecular complexity index is 637. The molecule has 1 fully saturated rings. The number of halogens is 1. The van der Waals surface area contributed by atoms with Crippen LogP contribution in [0.4, 0.5) is 4.79 Å². The van der Waals surface area contributed by atoms with Crippen LogP contribution in [0.2, 0.25) is 5.02 Å². The molecular formula is C18H22ClN3O2. The van der Waals surface area contributed by atoms with Gasteiger partial charge in [-0.15, -0.1) is 0 Å². The zero-order chi connectivity index (χ0) is 16.8. The molecule has 0 unspecified atom stereocenters. The van der Waals surface area contributed by atoms with E-state index >= 15 is 0 Å². The van der Waals surface area contributed by atoms with E-state index in [1.165, 1.54) is 12.8 Å². The van der Waals surface area contributed by atoms with Crippen LogP contribution >= 0.6 is 11.6 Å². The normalized spacial score (nSPS) is 16.0. The van der Waals surface area contributed by atoms with Crippen molar-refractivity contribution in [2.75, 3.05) is 19.6 Å². The number of urea groups is 1. The predicted octanol–water partition coefficient (Wildman–Crippen LogP) is 3.57. The molecule has 5 nitrogen and oxygen atoms in total. The van der Waals surface area contributed by atoms with Crippen LogP contribution in [0.1, 0.15) is 30.2 Å². The van der Waals surface area contributed by atoms with Crippen molar-refractivity contribution in [3.63, 3.8) is 0 Å². The van der Waals surface area contributed by atoms with Gasteiger partial charge in [0.15, 0.2) is 0 Å². The van der Waals surface area contributed by atoms with E-state index in [0.717, 1.165) is 24.4 Å². The maximum absolute atomic E-state index is 12.1. The Labute approximate surface area is 147 Å². The molecule has 3 rings (SSSR count). The van der Waals surface area contributed by atoms with E-state index in [9.17, 15) is 4.79 Å². The Balaban J connectivity index is 1.50. The summed E-state index contributed by atoms with van der Waals surface area (Å²) >= 11 is 5.86. The molecule has 1 saturated heterocycles. The third-order valence-electron chi connectivity index (χ3n) is 4.28. The quantitative estimate of drug-likeness (QED) is 0.839. The molecule has 2 aromatic rings. The fourth-order valence-corrected chi connectivity index (χ4v) is 3.11. The van der Waals surface area contributed by atoms with Gasteiger partial charge in [0.1, 0.15) is 5.76 Å². The van der Waals surface area contributed by atoms with Gasteiger partial charge in [0, 0.05) is 18.1 Å². The van der Waals surface area contributed by atoms with Gasteiger partial charge >= 0.3 is 6.03 Å². The summed E-state index contributed by atoms with van der Waals surface area (Å²) in [5.41, 5.74) is 1.01. The van der Waals surface area contributed by atoms with Gasteiger partial charge in [-0.3, -0.25) is 4.90 Å². The van der Waals surface area contributed by atoms with Crippen molar-refractivity contribution in [3.8, 4) is 0 Å². The monoisotopic (exact) mass is 347 g/mol. The van der Waals surface area contributed by atoms with Gasteiger partial charge in [-0.2, -0.15) is 0 Å². The van der Waals surface area contributed by atoms with Gasteiger partial charge in [-0.05, 0) is 55.8 Å². The highest BCUT2D eigenvalue weighted by Gasteiger charge is 2.25. The van der Waals surface area contributed by atoms with Crippen LogP contribution in [-0.2, 0) is 6.54 Å². The molecule has 1 aromatic carbocycles. The van der Waals surface area contributed by atoms with Gasteiger partial charge in [0.25, 0.3) is 0 Å². The first-order chi connectivity index (χ1) is 11.7. The number of nitrogens with zero attached hydrogens (tertiary/aromatic N) is 1. The molecule has 0 radical (unpaired) electrons. The molecule has 1 aliphatic rings. The molecule has 2 amide bonds. The number of likely N-dealkylation sites (tertiary alicyclic amines) is 1. The lowest BCUT2D eigenvalue weighted by Gasteiger charge is -2.26. The van der Waals surface area contributed by atoms with Crippen LogP contribution in [0, 0.1) is 0 Å². The highest BCUT2D eigenvalue weighted by Crippen LogP contribution is 2.24. The maximum atomic E-state index is 12.1. The van der Waals surface area contributed by atoms with Crippen molar-refractivity contribution in [1.82, 2.24) is 15.5 Å². The lowest BCUT2D eigenvalue weighted by molar-refractivity contribution is 0.203. The number of furan rings is 1. The van der Waals surface area contributed by atoms with Crippen molar-refractivity contribution in [3.05, 3.63) is 59.0 Å². The van der Waals surface area contributed by atoms with E-state index in [0.29, 0.717) is 18.1 Å². The minimum atomic E-state index is -0.180. The Hall–Kier alpha value is -1.98. The van der Waals surface area contributed by atoms with Crippen LogP contribution in [0.15, 0.2) is 47.1 Å². The van der Waals surface area contributed by atoms with Gasteiger partial charge in [0.05, 0.1) is 12.3 Å². The van der Waals surface area contributed by atoms with E-state index in [2.05, 4.69) is 15.5 Å². The number of hydrogen-bond donors (Lipinski definition) is 2. The fourth-order valence-electron chi connectivity index (χ4n) is 2.98. The predicted molar refractivity (Wildman–Crippen MR) is 93.9 cm³/mol. The molecule has 2 heterocycles. The first-order valence-electron chi connectivity index (χ1n) is 8.26. The number of benzene rings is 1. The second-order valence-corrected chi connectivity index (χ2v) is 6.40. The average Bonchev–Trinajstić information content (AvgIpc) is 3.29. The topological polar surface area (TPSA) is 57.5 Å². The van der Waals surface area contributed by atoms with Crippen molar-refractivity contribution < 1.29 is 9.21 Å². The summed E-state index contributed by atoms with van der Waals surface area (Å²) in [6.07, 6.45) is 4.07. The Morgan fingerprint density at radius 2 is 1.92 bits per heavy atom. The standard InChI is InChI=1S/C18H22ClN3O2/c19-15-7-5-14(6-8-15)12-20-18(23)21-13-16(17-4-3-11-24-17)22-9-1-2-10-22/h3-8,11,16H,1-2,9-10,12-13H2,(H2,20,21,23)/t16-/m0/s1. The van der Waals surface area contributed by atoms with E-state index in [1.807, 2.05) is 36.4 Å². The number of hydrogen-bond acceptors (Lipinski definition) is 3. The fraction of sp³-hybridized carbons (Fsp3) is 0.389. The molecule has 24 heavy (non-hydrogen) atoms. The molecule has 6 heteroatoms. The largest absolute Gasteiger partial charge is 0.468 e. The molecule has 0 aliphatic carbocycles. The first kappa shape index (κ1) is 16.9. The Kier molecular flexibility index (Phi) is 5.77. The van der Waals surface area contributed by atoms with Crippen molar-refractivity contribution >= 4 is 17.6 Å². The molecule has 128 valence electrons. The summed E-state index contributed by atoms with van der Waals surface area (Å²) in [5, 5.41) is 6.51. The summed E-state index contributed by atoms with van der Waals surface area (Å²) in [6, 6.07) is 11.2. The average molecular weight is 348 g/mol. The van der Waals surface area contributed by atoms with E-state index in [1.54, 1.807) is 6.26 Å². The van der Waals surface area contributed by atoms with Crippen molar-refractivity contribution in [1.29, 1.82) is 0 Å². The zero-order valence-electron chi connectivity index (χ0n) is 13.5. The summed E-state index contributed by atoms with van der Waals surface area (Å²) in [4.78, 5) is 14.4. The van der Waals surface area contributed by atoms with E-state index in [-0.39, 0.29) is 12.1 Å². The SMILES string of the molecule is O=C(NCc1ccc(Cl)cc1)NC[C@@H](c1ccco1)N1CCCC1. The summed E-state index contributed by atoms with van der Waals surface area (Å²) in [6.45, 7) is 3.08. The smallest absolute Gasteiger partial charge is 0.315 e. The first-order valence-corrected chi connectivity index (χ1v) is 8.64. The summed E-state index contributed by atoms with van der Waals surface area (Å²) in [7, 11) is 0. The second-order valence-electron chi connectivity index (χ2n) is 5.96. The van der Waals surface area contributed by atoms with Gasteiger partial charge in [-0.25, -0.2) is 4.79 Å². The van der Waals surface area contributed by atoms with Gasteiger partial charge in [0.2, 0.25) is 0 Å². The number of carbonyl (C=O) groups excluding carboxylic acids is 1. The van der Waals surface area contributed by atoms with Crippen LogP contribution in [0.3, 0.4) is 0 Å². The van der Waals surface area contributed by atoms with E-state index in [4.69, 9.17) is 16.0 Å². The van der Waals surface area contributed by atoms with Crippen LogP contribution in [0.25, 0.3) is 0 Å². The lowest BCUT2D eigenvalue weighted by atomic mass is 10.2. The zero-order valence-corrected chi connectivity index (χ0v) is 14.3. The lowest BCUT2D eigenvalue weighted by Crippen LogP contribution is -2.41. The molecular weight excluding hydrogens is 326 g/mol. The van der Waals surface area contributed by atoms with Crippen LogP contribution < -0.4 is 10.6 Å². The maximum Gasteiger partial charge on any atom is 0.315 e. The Morgan fingerprint density at radius 1 is 1.17 bits per heavy atom. The highest BCUT2D eigenvalue weighted by atomic mass is 35.5. The summed E-state index contributed by atoms with van der Waals surface area (Å²) in [5.74, 6) is 0.898. The third-order valence-corrected chi connectivity index (χ3v) is 4.53. The molecule has 1 aromatic heterocycles. The summed E-state index contributed by atoms with van der Waals surface area (Å²) < 4.78 is 5.55. The van der Waals surface area contributed by atoms with Crippen LogP contribution in [0.5, 0.6) is 0 Å². The van der Waals surface area contributed by atoms with Gasteiger partial charge in [-0.1, -0.05) is 23.7 Å². The van der Waals surface area contributed by atoms with Gasteiger partial charge < -0.3 is 15.1 Å².